The van der Waals surface area contributed by atoms with E-state index >= 15 is 0 Å². The van der Waals surface area contributed by atoms with Crippen molar-refractivity contribution >= 4 is 17.4 Å². The van der Waals surface area contributed by atoms with E-state index in [1.54, 1.807) is 0 Å². The standard InChI is InChI=1S/C17H26ClN3/c1-3-6-15-19-16(18)12(2)17(20-15)21-10-9-13-7-4-5-8-14(13)11-21/h13-14H,3-11H2,1-2H3. The number of nitrogens with zero attached hydrogens (tertiary/aromatic N) is 3. The highest BCUT2D eigenvalue weighted by Crippen LogP contribution is 2.38. The van der Waals surface area contributed by atoms with Crippen LogP contribution in [0.2, 0.25) is 5.15 Å². The van der Waals surface area contributed by atoms with E-state index in [2.05, 4.69) is 23.7 Å². The van der Waals surface area contributed by atoms with Gasteiger partial charge in [0.2, 0.25) is 0 Å². The van der Waals surface area contributed by atoms with Crippen LogP contribution in [0, 0.1) is 18.8 Å². The lowest BCUT2D eigenvalue weighted by atomic mass is 9.75. The molecule has 2 aliphatic rings. The molecule has 2 unspecified atom stereocenters. The van der Waals surface area contributed by atoms with Gasteiger partial charge in [-0.1, -0.05) is 37.8 Å². The summed E-state index contributed by atoms with van der Waals surface area (Å²) in [5.74, 6) is 3.79. The lowest BCUT2D eigenvalue weighted by Gasteiger charge is -2.42. The van der Waals surface area contributed by atoms with Gasteiger partial charge in [0.25, 0.3) is 0 Å². The predicted octanol–water partition coefficient (Wildman–Crippen LogP) is 4.41. The molecule has 3 nitrogen and oxygen atoms in total. The molecule has 0 bridgehead atoms. The molecule has 0 aromatic carbocycles. The normalized spacial score (nSPS) is 25.8. The fraction of sp³-hybridized carbons (Fsp3) is 0.765. The summed E-state index contributed by atoms with van der Waals surface area (Å²) in [7, 11) is 0. The average molecular weight is 308 g/mol. The maximum absolute atomic E-state index is 6.33. The summed E-state index contributed by atoms with van der Waals surface area (Å²) < 4.78 is 0. The van der Waals surface area contributed by atoms with Crippen LogP contribution in [0.25, 0.3) is 0 Å². The van der Waals surface area contributed by atoms with E-state index < -0.39 is 0 Å². The quantitative estimate of drug-likeness (QED) is 0.775. The van der Waals surface area contributed by atoms with Crippen LogP contribution in [0.4, 0.5) is 5.82 Å². The second kappa shape index (κ2) is 6.51. The number of fused-ring (bicyclic) bond motifs is 1. The highest BCUT2D eigenvalue weighted by molar-refractivity contribution is 6.30. The fourth-order valence-corrected chi connectivity index (χ4v) is 4.14. The smallest absolute Gasteiger partial charge is 0.137 e. The Balaban J connectivity index is 1.82. The summed E-state index contributed by atoms with van der Waals surface area (Å²) in [6, 6.07) is 0. The molecular formula is C17H26ClN3. The van der Waals surface area contributed by atoms with Gasteiger partial charge in [0.15, 0.2) is 0 Å². The molecule has 1 aromatic rings. The summed E-state index contributed by atoms with van der Waals surface area (Å²) in [4.78, 5) is 11.7. The molecule has 2 atom stereocenters. The van der Waals surface area contributed by atoms with E-state index in [9.17, 15) is 0 Å². The Bertz CT molecular complexity index is 503. The fourth-order valence-electron chi connectivity index (χ4n) is 3.96. The van der Waals surface area contributed by atoms with Gasteiger partial charge >= 0.3 is 0 Å². The number of aromatic nitrogens is 2. The summed E-state index contributed by atoms with van der Waals surface area (Å²) in [5.41, 5.74) is 1.05. The van der Waals surface area contributed by atoms with Crippen LogP contribution in [0.15, 0.2) is 0 Å². The molecule has 1 aromatic heterocycles. The zero-order valence-corrected chi connectivity index (χ0v) is 14.0. The molecule has 2 heterocycles. The first kappa shape index (κ1) is 15.1. The molecular weight excluding hydrogens is 282 g/mol. The number of rotatable bonds is 3. The summed E-state index contributed by atoms with van der Waals surface area (Å²) >= 11 is 6.33. The lowest BCUT2D eigenvalue weighted by molar-refractivity contribution is 0.202. The van der Waals surface area contributed by atoms with Crippen molar-refractivity contribution in [2.75, 3.05) is 18.0 Å². The predicted molar refractivity (Wildman–Crippen MR) is 88.1 cm³/mol. The Kier molecular flexibility index (Phi) is 4.68. The van der Waals surface area contributed by atoms with Crippen LogP contribution in [-0.2, 0) is 6.42 Å². The van der Waals surface area contributed by atoms with E-state index in [0.717, 1.165) is 55.0 Å². The Morgan fingerprint density at radius 2 is 1.90 bits per heavy atom. The number of hydrogen-bond donors (Lipinski definition) is 0. The molecule has 0 spiro atoms. The number of piperidine rings is 1. The third-order valence-electron chi connectivity index (χ3n) is 5.17. The molecule has 4 heteroatoms. The molecule has 1 saturated heterocycles. The minimum atomic E-state index is 0.634. The Hall–Kier alpha value is -0.830. The van der Waals surface area contributed by atoms with Crippen LogP contribution in [-0.4, -0.2) is 23.1 Å². The van der Waals surface area contributed by atoms with Crippen molar-refractivity contribution in [3.05, 3.63) is 16.5 Å². The van der Waals surface area contributed by atoms with Crippen LogP contribution in [0.1, 0.15) is 56.8 Å². The van der Waals surface area contributed by atoms with E-state index in [1.807, 2.05) is 0 Å². The Morgan fingerprint density at radius 1 is 1.14 bits per heavy atom. The van der Waals surface area contributed by atoms with Gasteiger partial charge in [-0.2, -0.15) is 0 Å². The molecule has 21 heavy (non-hydrogen) atoms. The number of anilines is 1. The molecule has 1 aliphatic heterocycles. The van der Waals surface area contributed by atoms with Gasteiger partial charge in [-0.3, -0.25) is 0 Å². The van der Waals surface area contributed by atoms with Crippen LogP contribution in [0.5, 0.6) is 0 Å². The first-order valence-electron chi connectivity index (χ1n) is 8.47. The maximum Gasteiger partial charge on any atom is 0.137 e. The number of halogens is 1. The molecule has 116 valence electrons. The molecule has 0 N–H and O–H groups in total. The number of hydrogen-bond acceptors (Lipinski definition) is 3. The zero-order chi connectivity index (χ0) is 14.8. The van der Waals surface area contributed by atoms with Crippen molar-refractivity contribution in [3.8, 4) is 0 Å². The molecule has 1 aliphatic carbocycles. The minimum absolute atomic E-state index is 0.634. The number of aryl methyl sites for hydroxylation is 1. The van der Waals surface area contributed by atoms with Gasteiger partial charge in [0.05, 0.1) is 0 Å². The lowest BCUT2D eigenvalue weighted by Crippen LogP contribution is -2.42. The van der Waals surface area contributed by atoms with Gasteiger partial charge in [-0.05, 0) is 38.0 Å². The maximum atomic E-state index is 6.33. The third kappa shape index (κ3) is 3.18. The Labute approximate surface area is 133 Å². The summed E-state index contributed by atoms with van der Waals surface area (Å²) in [6.45, 7) is 6.50. The molecule has 0 radical (unpaired) electrons. The van der Waals surface area contributed by atoms with Gasteiger partial charge in [-0.25, -0.2) is 9.97 Å². The van der Waals surface area contributed by atoms with E-state index in [-0.39, 0.29) is 0 Å². The summed E-state index contributed by atoms with van der Waals surface area (Å²) in [5, 5.41) is 0.634. The Morgan fingerprint density at radius 3 is 2.67 bits per heavy atom. The SMILES string of the molecule is CCCc1nc(Cl)c(C)c(N2CCC3CCCCC3C2)n1. The van der Waals surface area contributed by atoms with E-state index in [1.165, 1.54) is 32.1 Å². The average Bonchev–Trinajstić information content (AvgIpc) is 2.50. The minimum Gasteiger partial charge on any atom is -0.356 e. The zero-order valence-electron chi connectivity index (χ0n) is 13.2. The molecule has 1 saturated carbocycles. The van der Waals surface area contributed by atoms with E-state index in [0.29, 0.717) is 5.15 Å². The van der Waals surface area contributed by atoms with Crippen molar-refractivity contribution in [3.63, 3.8) is 0 Å². The van der Waals surface area contributed by atoms with Crippen molar-refractivity contribution in [1.82, 2.24) is 9.97 Å². The van der Waals surface area contributed by atoms with Crippen molar-refractivity contribution in [2.45, 2.75) is 58.8 Å². The molecule has 0 amide bonds. The highest BCUT2D eigenvalue weighted by atomic mass is 35.5. The third-order valence-corrected chi connectivity index (χ3v) is 5.54. The molecule has 3 rings (SSSR count). The van der Waals surface area contributed by atoms with Crippen LogP contribution < -0.4 is 4.90 Å². The largest absolute Gasteiger partial charge is 0.356 e. The second-order valence-corrected chi connectivity index (χ2v) is 7.03. The van der Waals surface area contributed by atoms with E-state index in [4.69, 9.17) is 16.6 Å². The monoisotopic (exact) mass is 307 g/mol. The van der Waals surface area contributed by atoms with Gasteiger partial charge in [-0.15, -0.1) is 0 Å². The first-order valence-corrected chi connectivity index (χ1v) is 8.84. The van der Waals surface area contributed by atoms with Crippen LogP contribution >= 0.6 is 11.6 Å². The van der Waals surface area contributed by atoms with Crippen molar-refractivity contribution < 1.29 is 0 Å². The molecule has 2 fully saturated rings. The van der Waals surface area contributed by atoms with Crippen molar-refractivity contribution in [1.29, 1.82) is 0 Å². The summed E-state index contributed by atoms with van der Waals surface area (Å²) in [6.07, 6.45) is 8.94. The topological polar surface area (TPSA) is 29.0 Å². The van der Waals surface area contributed by atoms with Gasteiger partial charge in [0.1, 0.15) is 16.8 Å². The van der Waals surface area contributed by atoms with Gasteiger partial charge < -0.3 is 4.90 Å². The second-order valence-electron chi connectivity index (χ2n) is 6.67. The first-order chi connectivity index (χ1) is 10.2. The van der Waals surface area contributed by atoms with Crippen molar-refractivity contribution in [2.24, 2.45) is 11.8 Å². The van der Waals surface area contributed by atoms with Gasteiger partial charge in [0, 0.05) is 25.1 Å². The van der Waals surface area contributed by atoms with Crippen LogP contribution in [0.3, 0.4) is 0 Å². The highest BCUT2D eigenvalue weighted by Gasteiger charge is 2.32.